The first kappa shape index (κ1) is 21.0. The third-order valence-corrected chi connectivity index (χ3v) is 5.38. The first-order chi connectivity index (χ1) is 14.8. The van der Waals surface area contributed by atoms with Gasteiger partial charge in [0.15, 0.2) is 5.82 Å². The first-order valence-corrected chi connectivity index (χ1v) is 9.93. The molecule has 0 saturated carbocycles. The fraction of sp³-hybridized carbons (Fsp3) is 0.318. The Morgan fingerprint density at radius 1 is 1.13 bits per heavy atom. The van der Waals surface area contributed by atoms with Gasteiger partial charge in [0.25, 0.3) is 5.91 Å². The number of likely N-dealkylation sites (tertiary alicyclic amines) is 1. The quantitative estimate of drug-likeness (QED) is 0.651. The van der Waals surface area contributed by atoms with Gasteiger partial charge < -0.3 is 5.32 Å². The highest BCUT2D eigenvalue weighted by atomic mass is 19.4. The van der Waals surface area contributed by atoms with Crippen LogP contribution in [0.15, 0.2) is 54.6 Å². The van der Waals surface area contributed by atoms with Crippen LogP contribution in [0.3, 0.4) is 0 Å². The molecule has 0 bridgehead atoms. The van der Waals surface area contributed by atoms with Crippen molar-refractivity contribution in [1.82, 2.24) is 25.4 Å². The van der Waals surface area contributed by atoms with Crippen molar-refractivity contribution in [3.63, 3.8) is 0 Å². The Morgan fingerprint density at radius 2 is 1.84 bits per heavy atom. The molecule has 0 aliphatic carbocycles. The van der Waals surface area contributed by atoms with Crippen molar-refractivity contribution in [3.8, 4) is 0 Å². The van der Waals surface area contributed by atoms with Crippen molar-refractivity contribution < 1.29 is 18.0 Å². The molecule has 0 unspecified atom stereocenters. The maximum absolute atomic E-state index is 12.8. The van der Waals surface area contributed by atoms with Crippen molar-refractivity contribution in [2.75, 3.05) is 13.1 Å². The minimum absolute atomic E-state index is 0.132. The molecular formula is C22H22F3N5O. The van der Waals surface area contributed by atoms with Crippen LogP contribution in [0.5, 0.6) is 0 Å². The number of hydrogen-bond donors (Lipinski definition) is 2. The second-order valence-corrected chi connectivity index (χ2v) is 7.72. The van der Waals surface area contributed by atoms with E-state index in [1.807, 2.05) is 13.0 Å². The fourth-order valence-electron chi connectivity index (χ4n) is 3.85. The molecule has 2 heterocycles. The van der Waals surface area contributed by atoms with E-state index in [2.05, 4.69) is 25.4 Å². The average molecular weight is 429 g/mol. The zero-order valence-electron chi connectivity index (χ0n) is 16.9. The molecule has 2 aromatic carbocycles. The van der Waals surface area contributed by atoms with E-state index in [1.165, 1.54) is 12.1 Å². The van der Waals surface area contributed by atoms with Gasteiger partial charge in [0, 0.05) is 25.2 Å². The van der Waals surface area contributed by atoms with E-state index in [-0.39, 0.29) is 17.9 Å². The summed E-state index contributed by atoms with van der Waals surface area (Å²) in [6.45, 7) is 3.40. The van der Waals surface area contributed by atoms with Crippen LogP contribution in [0, 0.1) is 6.92 Å². The summed E-state index contributed by atoms with van der Waals surface area (Å²) < 4.78 is 38.4. The number of nitrogens with zero attached hydrogens (tertiary/aromatic N) is 3. The molecular weight excluding hydrogens is 407 g/mol. The molecule has 1 aliphatic heterocycles. The number of amides is 1. The summed E-state index contributed by atoms with van der Waals surface area (Å²) >= 11 is 0. The third-order valence-electron chi connectivity index (χ3n) is 5.38. The van der Waals surface area contributed by atoms with Crippen molar-refractivity contribution >= 4 is 5.91 Å². The van der Waals surface area contributed by atoms with E-state index in [0.717, 1.165) is 17.7 Å². The number of rotatable bonds is 5. The lowest BCUT2D eigenvalue weighted by Crippen LogP contribution is -2.40. The van der Waals surface area contributed by atoms with Gasteiger partial charge in [-0.3, -0.25) is 14.8 Å². The van der Waals surface area contributed by atoms with Gasteiger partial charge in [0.05, 0.1) is 17.5 Å². The van der Waals surface area contributed by atoms with E-state index in [9.17, 15) is 18.0 Å². The second kappa shape index (κ2) is 8.50. The fourth-order valence-corrected chi connectivity index (χ4v) is 3.85. The van der Waals surface area contributed by atoms with Crippen LogP contribution in [0.1, 0.15) is 39.1 Å². The summed E-state index contributed by atoms with van der Waals surface area (Å²) in [6.07, 6.45) is -4.35. The van der Waals surface area contributed by atoms with Crippen molar-refractivity contribution in [2.24, 2.45) is 0 Å². The summed E-state index contributed by atoms with van der Waals surface area (Å²) in [6, 6.07) is 13.9. The van der Waals surface area contributed by atoms with Crippen LogP contribution in [0.4, 0.5) is 13.2 Å². The number of aromatic nitrogens is 3. The highest BCUT2D eigenvalue weighted by Crippen LogP contribution is 2.30. The summed E-state index contributed by atoms with van der Waals surface area (Å²) in [5.41, 5.74) is 0.668. The van der Waals surface area contributed by atoms with Crippen LogP contribution >= 0.6 is 0 Å². The number of alkyl halides is 3. The molecule has 4 rings (SSSR count). The Balaban J connectivity index is 1.49. The number of aryl methyl sites for hydroxylation is 1. The minimum Gasteiger partial charge on any atom is -0.347 e. The number of carbonyl (C=O) groups excluding carboxylic acids is 1. The molecule has 2 atom stereocenters. The van der Waals surface area contributed by atoms with Gasteiger partial charge in [-0.25, -0.2) is 4.98 Å². The molecule has 162 valence electrons. The maximum Gasteiger partial charge on any atom is 0.416 e. The Labute approximate surface area is 177 Å². The molecule has 0 radical (unpaired) electrons. The minimum atomic E-state index is -4.35. The zero-order chi connectivity index (χ0) is 22.0. The number of hydrogen-bond acceptors (Lipinski definition) is 4. The van der Waals surface area contributed by atoms with E-state index in [4.69, 9.17) is 0 Å². The van der Waals surface area contributed by atoms with E-state index >= 15 is 0 Å². The van der Waals surface area contributed by atoms with Gasteiger partial charge in [-0.1, -0.05) is 30.3 Å². The van der Waals surface area contributed by atoms with Gasteiger partial charge in [0.2, 0.25) is 0 Å². The summed E-state index contributed by atoms with van der Waals surface area (Å²) in [7, 11) is 0. The van der Waals surface area contributed by atoms with Crippen LogP contribution < -0.4 is 5.32 Å². The number of nitrogens with one attached hydrogen (secondary N) is 2. The van der Waals surface area contributed by atoms with Gasteiger partial charge in [0.1, 0.15) is 5.82 Å². The van der Waals surface area contributed by atoms with Crippen molar-refractivity contribution in [3.05, 3.63) is 82.9 Å². The first-order valence-electron chi connectivity index (χ1n) is 9.93. The summed E-state index contributed by atoms with van der Waals surface area (Å²) in [5, 5.41) is 10.2. The number of H-pyrrole nitrogens is 1. The molecule has 1 amide bonds. The van der Waals surface area contributed by atoms with Gasteiger partial charge in [-0.2, -0.15) is 18.3 Å². The van der Waals surface area contributed by atoms with Gasteiger partial charge in [-0.05, 0) is 36.8 Å². The standard InChI is InChI=1S/C22H22F3N5O/c1-14-26-20(29-28-14)18-12-30(11-15-7-9-17(10-8-15)22(23,24)25)13-19(18)27-21(31)16-5-3-2-4-6-16/h2-10,18-19H,11-13H2,1H3,(H,27,31)(H,26,28,29)/t18-,19-/m1/s1. The van der Waals surface area contributed by atoms with Crippen LogP contribution in [-0.4, -0.2) is 45.1 Å². The molecule has 1 saturated heterocycles. The Morgan fingerprint density at radius 3 is 2.45 bits per heavy atom. The molecule has 3 aromatic rings. The smallest absolute Gasteiger partial charge is 0.347 e. The Bertz CT molecular complexity index is 1030. The van der Waals surface area contributed by atoms with Crippen LogP contribution in [0.25, 0.3) is 0 Å². The molecule has 1 aromatic heterocycles. The summed E-state index contributed by atoms with van der Waals surface area (Å²) in [5.74, 6) is 0.987. The van der Waals surface area contributed by atoms with Gasteiger partial charge >= 0.3 is 6.18 Å². The summed E-state index contributed by atoms with van der Waals surface area (Å²) in [4.78, 5) is 19.2. The third kappa shape index (κ3) is 4.93. The Hall–Kier alpha value is -3.20. The maximum atomic E-state index is 12.8. The highest BCUT2D eigenvalue weighted by molar-refractivity contribution is 5.94. The van der Waals surface area contributed by atoms with Crippen LogP contribution in [-0.2, 0) is 12.7 Å². The number of carbonyl (C=O) groups is 1. The average Bonchev–Trinajstić information content (AvgIpc) is 3.34. The predicted molar refractivity (Wildman–Crippen MR) is 108 cm³/mol. The van der Waals surface area contributed by atoms with E-state index in [1.54, 1.807) is 24.3 Å². The number of aromatic amines is 1. The molecule has 0 spiro atoms. The zero-order valence-corrected chi connectivity index (χ0v) is 16.9. The topological polar surface area (TPSA) is 73.9 Å². The van der Waals surface area contributed by atoms with Crippen LogP contribution in [0.2, 0.25) is 0 Å². The lowest BCUT2D eigenvalue weighted by Gasteiger charge is -2.18. The SMILES string of the molecule is Cc1nc([C@@H]2CN(Cc3ccc(C(F)(F)F)cc3)C[C@H]2NC(=O)c2ccccc2)n[nH]1. The monoisotopic (exact) mass is 429 g/mol. The molecule has 1 fully saturated rings. The molecule has 2 N–H and O–H groups in total. The lowest BCUT2D eigenvalue weighted by molar-refractivity contribution is -0.137. The number of halogens is 3. The molecule has 9 heteroatoms. The van der Waals surface area contributed by atoms with E-state index in [0.29, 0.717) is 36.8 Å². The molecule has 1 aliphatic rings. The Kier molecular flexibility index (Phi) is 5.77. The number of benzene rings is 2. The lowest BCUT2D eigenvalue weighted by atomic mass is 10.0. The highest BCUT2D eigenvalue weighted by Gasteiger charge is 2.37. The van der Waals surface area contributed by atoms with Crippen molar-refractivity contribution in [1.29, 1.82) is 0 Å². The van der Waals surface area contributed by atoms with Gasteiger partial charge in [-0.15, -0.1) is 0 Å². The normalized spacial score (nSPS) is 19.5. The predicted octanol–water partition coefficient (Wildman–Crippen LogP) is 3.53. The van der Waals surface area contributed by atoms with Crippen molar-refractivity contribution in [2.45, 2.75) is 31.6 Å². The van der Waals surface area contributed by atoms with E-state index < -0.39 is 11.7 Å². The largest absolute Gasteiger partial charge is 0.416 e. The molecule has 6 nitrogen and oxygen atoms in total. The second-order valence-electron chi connectivity index (χ2n) is 7.72. The molecule has 31 heavy (non-hydrogen) atoms.